The Hall–Kier alpha value is -0.710. The minimum absolute atomic E-state index is 0.435. The highest BCUT2D eigenvalue weighted by Crippen LogP contribution is 2.28. The standard InChI is InChI=1S/C15H13Br2ClO2/c1-19-14-4-2-12(17)6-11(14)9-20-15-5-3-13(18)7-10(15)8-16/h2-7H,8-9H2,1H3. The summed E-state index contributed by atoms with van der Waals surface area (Å²) >= 11 is 12.9. The van der Waals surface area contributed by atoms with Gasteiger partial charge in [-0.15, -0.1) is 0 Å². The van der Waals surface area contributed by atoms with E-state index in [0.717, 1.165) is 27.1 Å². The number of ether oxygens (including phenoxy) is 2. The van der Waals surface area contributed by atoms with Crippen LogP contribution in [0.1, 0.15) is 11.1 Å². The van der Waals surface area contributed by atoms with Crippen LogP contribution in [0.3, 0.4) is 0 Å². The second-order valence-corrected chi connectivity index (χ2v) is 6.04. The van der Waals surface area contributed by atoms with E-state index in [2.05, 4.69) is 31.9 Å². The summed E-state index contributed by atoms with van der Waals surface area (Å²) in [6, 6.07) is 11.4. The molecule has 20 heavy (non-hydrogen) atoms. The van der Waals surface area contributed by atoms with Crippen LogP contribution in [-0.2, 0) is 11.9 Å². The van der Waals surface area contributed by atoms with Gasteiger partial charge in [-0.2, -0.15) is 0 Å². The summed E-state index contributed by atoms with van der Waals surface area (Å²) in [4.78, 5) is 0. The molecule has 0 radical (unpaired) electrons. The van der Waals surface area contributed by atoms with Crippen LogP contribution >= 0.6 is 43.5 Å². The predicted molar refractivity (Wildman–Crippen MR) is 89.1 cm³/mol. The van der Waals surface area contributed by atoms with Gasteiger partial charge in [0.15, 0.2) is 0 Å². The average Bonchev–Trinajstić information content (AvgIpc) is 2.46. The van der Waals surface area contributed by atoms with E-state index >= 15 is 0 Å². The van der Waals surface area contributed by atoms with Crippen molar-refractivity contribution in [3.8, 4) is 11.5 Å². The molecule has 106 valence electrons. The van der Waals surface area contributed by atoms with Crippen LogP contribution < -0.4 is 9.47 Å². The third kappa shape index (κ3) is 3.90. The lowest BCUT2D eigenvalue weighted by molar-refractivity contribution is 0.294. The van der Waals surface area contributed by atoms with E-state index in [1.165, 1.54) is 0 Å². The van der Waals surface area contributed by atoms with Crippen molar-refractivity contribution < 1.29 is 9.47 Å². The number of halogens is 3. The largest absolute Gasteiger partial charge is 0.496 e. The van der Waals surface area contributed by atoms with Crippen molar-refractivity contribution in [2.24, 2.45) is 0 Å². The highest BCUT2D eigenvalue weighted by Gasteiger charge is 2.08. The molecule has 0 amide bonds. The molecule has 0 aliphatic carbocycles. The van der Waals surface area contributed by atoms with Crippen molar-refractivity contribution in [1.29, 1.82) is 0 Å². The van der Waals surface area contributed by atoms with E-state index in [9.17, 15) is 0 Å². The number of methoxy groups -OCH3 is 1. The van der Waals surface area contributed by atoms with E-state index < -0.39 is 0 Å². The molecule has 5 heteroatoms. The topological polar surface area (TPSA) is 18.5 Å². The first-order chi connectivity index (χ1) is 9.63. The Bertz CT molecular complexity index is 602. The van der Waals surface area contributed by atoms with E-state index in [4.69, 9.17) is 21.1 Å². The Balaban J connectivity index is 2.18. The summed E-state index contributed by atoms with van der Waals surface area (Å²) in [5.41, 5.74) is 2.00. The molecule has 2 aromatic carbocycles. The van der Waals surface area contributed by atoms with Gasteiger partial charge in [0.2, 0.25) is 0 Å². The monoisotopic (exact) mass is 418 g/mol. The van der Waals surface area contributed by atoms with Crippen molar-refractivity contribution in [2.75, 3.05) is 7.11 Å². The fourth-order valence-corrected chi connectivity index (χ4v) is 2.85. The fraction of sp³-hybridized carbons (Fsp3) is 0.200. The zero-order valence-electron chi connectivity index (χ0n) is 10.8. The van der Waals surface area contributed by atoms with Crippen LogP contribution in [0.4, 0.5) is 0 Å². The average molecular weight is 421 g/mol. The number of benzene rings is 2. The summed E-state index contributed by atoms with van der Waals surface area (Å²) in [5, 5.41) is 1.39. The lowest BCUT2D eigenvalue weighted by Gasteiger charge is -2.13. The third-order valence-electron chi connectivity index (χ3n) is 2.79. The van der Waals surface area contributed by atoms with Crippen LogP contribution in [0.2, 0.25) is 5.02 Å². The number of alkyl halides is 1. The van der Waals surface area contributed by atoms with Gasteiger partial charge in [0.25, 0.3) is 0 Å². The van der Waals surface area contributed by atoms with Crippen molar-refractivity contribution in [3.63, 3.8) is 0 Å². The molecule has 0 aliphatic rings. The van der Waals surface area contributed by atoms with Gasteiger partial charge in [-0.3, -0.25) is 0 Å². The SMILES string of the molecule is COc1ccc(Br)cc1COc1ccc(Cl)cc1CBr. The van der Waals surface area contributed by atoms with Gasteiger partial charge in [0.05, 0.1) is 7.11 Å². The molecule has 0 N–H and O–H groups in total. The van der Waals surface area contributed by atoms with E-state index in [-0.39, 0.29) is 0 Å². The molecule has 0 bridgehead atoms. The predicted octanol–water partition coefficient (Wildman–Crippen LogP) is 5.59. The van der Waals surface area contributed by atoms with Gasteiger partial charge >= 0.3 is 0 Å². The van der Waals surface area contributed by atoms with Crippen molar-refractivity contribution >= 4 is 43.5 Å². The van der Waals surface area contributed by atoms with Crippen molar-refractivity contribution in [1.82, 2.24) is 0 Å². The Morgan fingerprint density at radius 2 is 1.80 bits per heavy atom. The Kier molecular flexibility index (Phi) is 5.75. The normalized spacial score (nSPS) is 10.4. The first kappa shape index (κ1) is 15.7. The van der Waals surface area contributed by atoms with Crippen molar-refractivity contribution in [2.45, 2.75) is 11.9 Å². The van der Waals surface area contributed by atoms with Gasteiger partial charge in [-0.05, 0) is 36.4 Å². The molecule has 0 saturated heterocycles. The third-order valence-corrected chi connectivity index (χ3v) is 4.12. The lowest BCUT2D eigenvalue weighted by Crippen LogP contribution is -2.00. The van der Waals surface area contributed by atoms with Crippen LogP contribution in [0.25, 0.3) is 0 Å². The number of hydrogen-bond donors (Lipinski definition) is 0. The minimum Gasteiger partial charge on any atom is -0.496 e. The summed E-state index contributed by atoms with van der Waals surface area (Å²) in [5.74, 6) is 1.62. The van der Waals surface area contributed by atoms with E-state index in [1.54, 1.807) is 7.11 Å². The molecular formula is C15H13Br2ClO2. The summed E-state index contributed by atoms with van der Waals surface area (Å²) in [7, 11) is 1.65. The Labute approximate surface area is 140 Å². The van der Waals surface area contributed by atoms with Crippen molar-refractivity contribution in [3.05, 3.63) is 57.0 Å². The second-order valence-electron chi connectivity index (χ2n) is 4.13. The molecule has 2 rings (SSSR count). The number of rotatable bonds is 5. The highest BCUT2D eigenvalue weighted by atomic mass is 79.9. The second kappa shape index (κ2) is 7.34. The maximum atomic E-state index is 5.98. The van der Waals surface area contributed by atoms with Crippen LogP contribution in [0, 0.1) is 0 Å². The van der Waals surface area contributed by atoms with Gasteiger partial charge in [0.1, 0.15) is 18.1 Å². The molecule has 0 atom stereocenters. The molecule has 0 spiro atoms. The maximum Gasteiger partial charge on any atom is 0.125 e. The van der Waals surface area contributed by atoms with E-state index in [1.807, 2.05) is 36.4 Å². The maximum absolute atomic E-state index is 5.98. The Morgan fingerprint density at radius 1 is 1.05 bits per heavy atom. The first-order valence-electron chi connectivity index (χ1n) is 5.93. The molecular weight excluding hydrogens is 407 g/mol. The summed E-state index contributed by atoms with van der Waals surface area (Å²) < 4.78 is 12.2. The van der Waals surface area contributed by atoms with Gasteiger partial charge < -0.3 is 9.47 Å². The van der Waals surface area contributed by atoms with Crippen LogP contribution in [0.5, 0.6) is 11.5 Å². The molecule has 2 aromatic rings. The smallest absolute Gasteiger partial charge is 0.125 e. The van der Waals surface area contributed by atoms with Gasteiger partial charge in [0, 0.05) is 26.0 Å². The molecule has 0 unspecified atom stereocenters. The zero-order chi connectivity index (χ0) is 14.5. The first-order valence-corrected chi connectivity index (χ1v) is 8.23. The minimum atomic E-state index is 0.435. The quantitative estimate of drug-likeness (QED) is 0.588. The summed E-state index contributed by atoms with van der Waals surface area (Å²) in [6.07, 6.45) is 0. The molecule has 0 aliphatic heterocycles. The zero-order valence-corrected chi connectivity index (χ0v) is 14.8. The van der Waals surface area contributed by atoms with Crippen LogP contribution in [0.15, 0.2) is 40.9 Å². The molecule has 0 fully saturated rings. The molecule has 2 nitrogen and oxygen atoms in total. The lowest BCUT2D eigenvalue weighted by atomic mass is 10.2. The molecule has 0 heterocycles. The van der Waals surface area contributed by atoms with Gasteiger partial charge in [-0.1, -0.05) is 43.5 Å². The summed E-state index contributed by atoms with van der Waals surface area (Å²) in [6.45, 7) is 0.435. The van der Waals surface area contributed by atoms with E-state index in [0.29, 0.717) is 17.0 Å². The fourth-order valence-electron chi connectivity index (χ4n) is 1.81. The molecule has 0 aromatic heterocycles. The number of hydrogen-bond acceptors (Lipinski definition) is 2. The van der Waals surface area contributed by atoms with Gasteiger partial charge in [-0.25, -0.2) is 0 Å². The molecule has 0 saturated carbocycles. The highest BCUT2D eigenvalue weighted by molar-refractivity contribution is 9.10. The van der Waals surface area contributed by atoms with Crippen LogP contribution in [-0.4, -0.2) is 7.11 Å². The Morgan fingerprint density at radius 3 is 2.50 bits per heavy atom.